The van der Waals surface area contributed by atoms with Crippen LogP contribution in [-0.2, 0) is 27.3 Å². The van der Waals surface area contributed by atoms with E-state index in [9.17, 15) is 24.6 Å². The van der Waals surface area contributed by atoms with E-state index in [1.807, 2.05) is 50.4 Å². The van der Waals surface area contributed by atoms with Gasteiger partial charge in [-0.1, -0.05) is 62.4 Å². The van der Waals surface area contributed by atoms with Crippen molar-refractivity contribution in [2.45, 2.75) is 51.4 Å². The summed E-state index contributed by atoms with van der Waals surface area (Å²) in [6, 6.07) is 13.5. The first-order valence-electron chi connectivity index (χ1n) is 11.6. The normalized spacial score (nSPS) is 13.6. The molecule has 2 rings (SSSR count). The highest BCUT2D eigenvalue weighted by molar-refractivity contribution is 7.98. The van der Waals surface area contributed by atoms with Gasteiger partial charge in [0.2, 0.25) is 11.8 Å². The number of amides is 2. The maximum absolute atomic E-state index is 13.3. The second-order valence-electron chi connectivity index (χ2n) is 8.66. The Bertz CT molecular complexity index is 970. The fraction of sp³-hybridized carbons (Fsp3) is 0.423. The Hall–Kier alpha value is -3.04. The Kier molecular flexibility index (Phi) is 11.6. The van der Waals surface area contributed by atoms with Crippen LogP contribution in [0.2, 0.25) is 0 Å². The third-order valence-corrected chi connectivity index (χ3v) is 6.24. The van der Waals surface area contributed by atoms with Gasteiger partial charge in [0.25, 0.3) is 0 Å². The Morgan fingerprint density at radius 2 is 1.54 bits per heavy atom. The number of para-hydroxylation sites is 1. The third kappa shape index (κ3) is 9.26. The van der Waals surface area contributed by atoms with Crippen molar-refractivity contribution in [3.8, 4) is 5.75 Å². The van der Waals surface area contributed by atoms with Gasteiger partial charge in [0.05, 0.1) is 6.04 Å². The van der Waals surface area contributed by atoms with E-state index < -0.39 is 30.0 Å². The number of carbonyl (C=O) groups is 3. The second-order valence-corrected chi connectivity index (χ2v) is 9.65. The van der Waals surface area contributed by atoms with E-state index in [4.69, 9.17) is 0 Å². The Balaban J connectivity index is 2.17. The molecule has 0 radical (unpaired) electrons. The third-order valence-electron chi connectivity index (χ3n) is 5.59. The molecule has 0 saturated carbocycles. The first kappa shape index (κ1) is 28.2. The summed E-state index contributed by atoms with van der Waals surface area (Å²) < 4.78 is 0. The van der Waals surface area contributed by atoms with Gasteiger partial charge in [-0.3, -0.25) is 9.59 Å². The maximum Gasteiger partial charge on any atom is 0.326 e. The largest absolute Gasteiger partial charge is 0.508 e. The number of nitrogens with one attached hydrogen (secondary N) is 3. The lowest BCUT2D eigenvalue weighted by Gasteiger charge is -2.26. The lowest BCUT2D eigenvalue weighted by molar-refractivity contribution is -0.142. The number of aromatic hydroxyl groups is 1. The molecule has 0 fully saturated rings. The average Bonchev–Trinajstić information content (AvgIpc) is 2.82. The number of carbonyl (C=O) groups excluding carboxylic acids is 2. The number of hydrogen-bond donors (Lipinski definition) is 5. The molecule has 0 spiro atoms. The van der Waals surface area contributed by atoms with Gasteiger partial charge < -0.3 is 26.2 Å². The standard InChI is InChI=1S/C26H35N3O5S/c1-17(2)23(27-16-19-11-7-8-12-22(19)30)25(32)29-21(15-18-9-5-4-6-10-18)24(31)28-20(26(33)34)13-14-35-3/h4-12,17,20-21,23,27,30H,13-16H2,1-3H3,(H,28,31)(H,29,32)(H,33,34)/t20-,21-,23-/m0/s1. The van der Waals surface area contributed by atoms with E-state index in [1.54, 1.807) is 24.3 Å². The molecule has 0 saturated heterocycles. The predicted octanol–water partition coefficient (Wildman–Crippen LogP) is 2.56. The van der Waals surface area contributed by atoms with Crippen LogP contribution in [-0.4, -0.2) is 58.1 Å². The molecule has 0 aliphatic carbocycles. The summed E-state index contributed by atoms with van der Waals surface area (Å²) in [5.74, 6) is -1.41. The first-order valence-corrected chi connectivity index (χ1v) is 13.0. The van der Waals surface area contributed by atoms with Gasteiger partial charge in [0, 0.05) is 18.5 Å². The van der Waals surface area contributed by atoms with Crippen LogP contribution in [0.3, 0.4) is 0 Å². The van der Waals surface area contributed by atoms with E-state index in [2.05, 4.69) is 16.0 Å². The molecule has 0 aromatic heterocycles. The highest BCUT2D eigenvalue weighted by Gasteiger charge is 2.30. The zero-order chi connectivity index (χ0) is 25.8. The summed E-state index contributed by atoms with van der Waals surface area (Å²) in [6.07, 6.45) is 2.37. The van der Waals surface area contributed by atoms with Gasteiger partial charge in [-0.2, -0.15) is 11.8 Å². The Morgan fingerprint density at radius 3 is 2.14 bits per heavy atom. The molecule has 0 aliphatic heterocycles. The van der Waals surface area contributed by atoms with Crippen LogP contribution >= 0.6 is 11.8 Å². The molecule has 190 valence electrons. The summed E-state index contributed by atoms with van der Waals surface area (Å²) in [4.78, 5) is 38.0. The summed E-state index contributed by atoms with van der Waals surface area (Å²) in [5.41, 5.74) is 1.50. The fourth-order valence-corrected chi connectivity index (χ4v) is 4.07. The number of rotatable bonds is 14. The van der Waals surface area contributed by atoms with Crippen molar-refractivity contribution in [3.63, 3.8) is 0 Å². The molecule has 35 heavy (non-hydrogen) atoms. The van der Waals surface area contributed by atoms with Crippen molar-refractivity contribution in [2.75, 3.05) is 12.0 Å². The number of aliphatic carboxylic acids is 1. The van der Waals surface area contributed by atoms with Crippen LogP contribution in [0.25, 0.3) is 0 Å². The van der Waals surface area contributed by atoms with Crippen molar-refractivity contribution in [2.24, 2.45) is 5.92 Å². The van der Waals surface area contributed by atoms with Crippen LogP contribution in [0.5, 0.6) is 5.75 Å². The van der Waals surface area contributed by atoms with E-state index >= 15 is 0 Å². The zero-order valence-corrected chi connectivity index (χ0v) is 21.2. The van der Waals surface area contributed by atoms with Gasteiger partial charge in [-0.05, 0) is 36.0 Å². The van der Waals surface area contributed by atoms with Crippen molar-refractivity contribution in [1.29, 1.82) is 0 Å². The van der Waals surface area contributed by atoms with Crippen LogP contribution in [0.15, 0.2) is 54.6 Å². The monoisotopic (exact) mass is 501 g/mol. The van der Waals surface area contributed by atoms with E-state index in [0.717, 1.165) is 5.56 Å². The minimum absolute atomic E-state index is 0.102. The van der Waals surface area contributed by atoms with Gasteiger partial charge in [0.15, 0.2) is 0 Å². The topological polar surface area (TPSA) is 128 Å². The molecular weight excluding hydrogens is 466 g/mol. The number of hydrogen-bond acceptors (Lipinski definition) is 6. The number of phenolic OH excluding ortho intramolecular Hbond substituents is 1. The van der Waals surface area contributed by atoms with E-state index in [1.165, 1.54) is 11.8 Å². The summed E-state index contributed by atoms with van der Waals surface area (Å²) >= 11 is 1.50. The summed E-state index contributed by atoms with van der Waals surface area (Å²) in [7, 11) is 0. The molecule has 0 aliphatic rings. The highest BCUT2D eigenvalue weighted by atomic mass is 32.2. The number of phenols is 1. The first-order chi connectivity index (χ1) is 16.7. The highest BCUT2D eigenvalue weighted by Crippen LogP contribution is 2.16. The fourth-order valence-electron chi connectivity index (χ4n) is 3.60. The SMILES string of the molecule is CSCC[C@H](NC(=O)[C@H](Cc1ccccc1)NC(=O)[C@@H](NCc1ccccc1O)C(C)C)C(=O)O. The zero-order valence-electron chi connectivity index (χ0n) is 20.4. The Morgan fingerprint density at radius 1 is 0.914 bits per heavy atom. The van der Waals surface area contributed by atoms with Crippen LogP contribution in [0.1, 0.15) is 31.4 Å². The van der Waals surface area contributed by atoms with Crippen LogP contribution < -0.4 is 16.0 Å². The quantitative estimate of drug-likeness (QED) is 0.269. The molecule has 2 aromatic rings. The number of benzene rings is 2. The number of carboxylic acids is 1. The van der Waals surface area contributed by atoms with Crippen LogP contribution in [0, 0.1) is 5.92 Å². The van der Waals surface area contributed by atoms with Gasteiger partial charge in [-0.15, -0.1) is 0 Å². The second kappa shape index (κ2) is 14.4. The minimum atomic E-state index is -1.11. The Labute approximate surface area is 210 Å². The number of carboxylic acid groups (broad SMARTS) is 1. The van der Waals surface area contributed by atoms with Crippen molar-refractivity contribution in [3.05, 3.63) is 65.7 Å². The molecule has 2 amide bonds. The molecule has 0 heterocycles. The summed E-state index contributed by atoms with van der Waals surface area (Å²) in [5, 5.41) is 28.1. The van der Waals surface area contributed by atoms with Gasteiger partial charge in [0.1, 0.15) is 17.8 Å². The molecule has 8 nitrogen and oxygen atoms in total. The molecule has 5 N–H and O–H groups in total. The van der Waals surface area contributed by atoms with Gasteiger partial charge in [-0.25, -0.2) is 4.79 Å². The molecule has 0 bridgehead atoms. The number of thioether (sulfide) groups is 1. The molecular formula is C26H35N3O5S. The minimum Gasteiger partial charge on any atom is -0.508 e. The van der Waals surface area contributed by atoms with Crippen molar-refractivity contribution in [1.82, 2.24) is 16.0 Å². The van der Waals surface area contributed by atoms with Gasteiger partial charge >= 0.3 is 5.97 Å². The lowest BCUT2D eigenvalue weighted by Crippen LogP contribution is -2.56. The van der Waals surface area contributed by atoms with E-state index in [-0.39, 0.29) is 37.0 Å². The van der Waals surface area contributed by atoms with E-state index in [0.29, 0.717) is 11.3 Å². The molecule has 9 heteroatoms. The molecule has 0 unspecified atom stereocenters. The molecule has 3 atom stereocenters. The lowest BCUT2D eigenvalue weighted by atomic mass is 10.0. The smallest absolute Gasteiger partial charge is 0.326 e. The summed E-state index contributed by atoms with van der Waals surface area (Å²) in [6.45, 7) is 4.04. The van der Waals surface area contributed by atoms with Crippen LogP contribution in [0.4, 0.5) is 0 Å². The van der Waals surface area contributed by atoms with Crippen molar-refractivity contribution < 1.29 is 24.6 Å². The molecule has 2 aromatic carbocycles. The average molecular weight is 502 g/mol. The predicted molar refractivity (Wildman–Crippen MR) is 138 cm³/mol. The maximum atomic E-state index is 13.3. The van der Waals surface area contributed by atoms with Crippen molar-refractivity contribution >= 4 is 29.5 Å².